The number of aliphatic imine (C=N–C) groups is 2. The van der Waals surface area contributed by atoms with Crippen LogP contribution in [0.25, 0.3) is 0 Å². The molecule has 0 unspecified atom stereocenters. The highest BCUT2D eigenvalue weighted by Gasteiger charge is 2.21. The lowest BCUT2D eigenvalue weighted by Crippen LogP contribution is -2.40. The van der Waals surface area contributed by atoms with Crippen LogP contribution in [-0.2, 0) is 9.47 Å². The van der Waals surface area contributed by atoms with Crippen LogP contribution in [0.15, 0.2) is 34.4 Å². The Morgan fingerprint density at radius 3 is 2.74 bits per heavy atom. The molecule has 0 amide bonds. The van der Waals surface area contributed by atoms with Gasteiger partial charge in [0.25, 0.3) is 0 Å². The number of benzene rings is 1. The summed E-state index contributed by atoms with van der Waals surface area (Å²) >= 11 is 0. The molecule has 0 spiro atoms. The molecule has 3 N–H and O–H groups in total. The Morgan fingerprint density at radius 1 is 1.26 bits per heavy atom. The fourth-order valence-electron chi connectivity index (χ4n) is 4.15. The van der Waals surface area contributed by atoms with Gasteiger partial charge in [0.05, 0.1) is 37.1 Å². The van der Waals surface area contributed by atoms with Crippen LogP contribution < -0.4 is 20.3 Å². The fourth-order valence-corrected chi connectivity index (χ4v) is 4.15. The van der Waals surface area contributed by atoms with E-state index < -0.39 is 0 Å². The number of rotatable bonds is 8. The predicted molar refractivity (Wildman–Crippen MR) is 133 cm³/mol. The van der Waals surface area contributed by atoms with Gasteiger partial charge in [-0.1, -0.05) is 0 Å². The lowest BCUT2D eigenvalue weighted by molar-refractivity contribution is 0.0825. The molecule has 34 heavy (non-hydrogen) atoms. The molecule has 2 fully saturated rings. The molecule has 4 rings (SSSR count). The van der Waals surface area contributed by atoms with Crippen molar-refractivity contribution in [2.75, 3.05) is 63.5 Å². The second-order valence-electron chi connectivity index (χ2n) is 8.05. The number of H-pyrrole nitrogens is 1. The van der Waals surface area contributed by atoms with Crippen molar-refractivity contribution < 1.29 is 14.2 Å². The second kappa shape index (κ2) is 11.5. The number of nitrogens with zero attached hydrogens (tertiary/aromatic N) is 4. The Labute approximate surface area is 199 Å². The molecule has 0 bridgehead atoms. The smallest absolute Gasteiger partial charge is 0.144 e. The predicted octanol–water partition coefficient (Wildman–Crippen LogP) is 2.65. The van der Waals surface area contributed by atoms with Crippen molar-refractivity contribution in [3.8, 4) is 11.8 Å². The van der Waals surface area contributed by atoms with Crippen molar-refractivity contribution >= 4 is 29.7 Å². The minimum Gasteiger partial charge on any atom is -0.495 e. The number of nitrogens with one attached hydrogen (secondary N) is 3. The molecule has 0 atom stereocenters. The normalized spacial score (nSPS) is 17.2. The minimum atomic E-state index is 0.203. The summed E-state index contributed by atoms with van der Waals surface area (Å²) in [5.74, 6) is 1.86. The monoisotopic (exact) mass is 465 g/mol. The first-order valence-electron chi connectivity index (χ1n) is 11.5. The van der Waals surface area contributed by atoms with Crippen LogP contribution in [0.1, 0.15) is 24.0 Å². The zero-order valence-corrected chi connectivity index (χ0v) is 19.5. The molecule has 2 aliphatic rings. The van der Waals surface area contributed by atoms with Gasteiger partial charge in [-0.25, -0.2) is 9.98 Å². The van der Waals surface area contributed by atoms with Gasteiger partial charge in [-0.2, -0.15) is 5.26 Å². The first-order valence-corrected chi connectivity index (χ1v) is 11.5. The Morgan fingerprint density at radius 2 is 2.03 bits per heavy atom. The van der Waals surface area contributed by atoms with Gasteiger partial charge in [-0.05, 0) is 31.7 Å². The molecule has 10 heteroatoms. The van der Waals surface area contributed by atoms with E-state index in [1.807, 2.05) is 12.1 Å². The number of amidine groups is 1. The van der Waals surface area contributed by atoms with Crippen molar-refractivity contribution in [1.82, 2.24) is 10.3 Å². The molecule has 10 nitrogen and oxygen atoms in total. The van der Waals surface area contributed by atoms with Crippen molar-refractivity contribution in [2.45, 2.75) is 18.9 Å². The van der Waals surface area contributed by atoms with Crippen molar-refractivity contribution in [2.24, 2.45) is 9.98 Å². The highest BCUT2D eigenvalue weighted by molar-refractivity contribution is 6.05. The molecular formula is C24H31N7O3. The van der Waals surface area contributed by atoms with E-state index in [0.717, 1.165) is 56.3 Å². The average molecular weight is 466 g/mol. The lowest BCUT2D eigenvalue weighted by Gasteiger charge is -2.29. The maximum atomic E-state index is 9.61. The number of ether oxygens (including phenoxy) is 3. The van der Waals surface area contributed by atoms with Crippen LogP contribution in [-0.4, -0.2) is 76.9 Å². The number of anilines is 2. The van der Waals surface area contributed by atoms with Gasteiger partial charge in [0.15, 0.2) is 0 Å². The third-order valence-electron chi connectivity index (χ3n) is 6.00. The van der Waals surface area contributed by atoms with E-state index in [1.54, 1.807) is 13.3 Å². The molecule has 0 saturated carbocycles. The zero-order valence-electron chi connectivity index (χ0n) is 19.5. The molecule has 1 aromatic heterocycles. The molecule has 0 aliphatic carbocycles. The largest absolute Gasteiger partial charge is 0.495 e. The summed E-state index contributed by atoms with van der Waals surface area (Å²) in [5, 5.41) is 16.4. The summed E-state index contributed by atoms with van der Waals surface area (Å²) in [5.41, 5.74) is 3.03. The van der Waals surface area contributed by atoms with E-state index in [0.29, 0.717) is 36.0 Å². The number of hydrogen-bond acceptors (Lipinski definition) is 8. The third-order valence-corrected chi connectivity index (χ3v) is 6.00. The Balaban J connectivity index is 1.53. The maximum Gasteiger partial charge on any atom is 0.144 e. The Hall–Kier alpha value is -3.55. The third kappa shape index (κ3) is 5.50. The lowest BCUT2D eigenvalue weighted by atomic mass is 10.1. The van der Waals surface area contributed by atoms with Gasteiger partial charge in [0.2, 0.25) is 0 Å². The molecule has 180 valence electrons. The quantitative estimate of drug-likeness (QED) is 0.405. The van der Waals surface area contributed by atoms with Gasteiger partial charge in [0.1, 0.15) is 30.1 Å². The van der Waals surface area contributed by atoms with Crippen LogP contribution in [0.5, 0.6) is 5.75 Å². The molecule has 1 aromatic carbocycles. The molecular weight excluding hydrogens is 434 g/mol. The van der Waals surface area contributed by atoms with E-state index in [9.17, 15) is 5.26 Å². The molecule has 3 heterocycles. The van der Waals surface area contributed by atoms with E-state index in [2.05, 4.69) is 44.4 Å². The van der Waals surface area contributed by atoms with Crippen LogP contribution in [0.3, 0.4) is 0 Å². The number of nitriles is 1. The van der Waals surface area contributed by atoms with Gasteiger partial charge >= 0.3 is 0 Å². The van der Waals surface area contributed by atoms with Crippen LogP contribution in [0.2, 0.25) is 0 Å². The number of morpholine rings is 1. The summed E-state index contributed by atoms with van der Waals surface area (Å²) in [6.45, 7) is 8.48. The number of aromatic nitrogens is 1. The van der Waals surface area contributed by atoms with Gasteiger partial charge < -0.3 is 34.7 Å². The van der Waals surface area contributed by atoms with Crippen LogP contribution in [0, 0.1) is 11.3 Å². The van der Waals surface area contributed by atoms with Gasteiger partial charge in [0, 0.05) is 50.3 Å². The van der Waals surface area contributed by atoms with Crippen LogP contribution in [0.4, 0.5) is 17.2 Å². The second-order valence-corrected chi connectivity index (χ2v) is 8.05. The first kappa shape index (κ1) is 23.6. The average Bonchev–Trinajstić information content (AvgIpc) is 3.32. The SMILES string of the molecule is C=Nc1[nH]cc(C#N)c1/C(=N\CNc1ccc(N2CCOCC2)cc1OC)NC1CCOCC1. The van der Waals surface area contributed by atoms with Gasteiger partial charge in [-0.15, -0.1) is 0 Å². The summed E-state index contributed by atoms with van der Waals surface area (Å²) in [6, 6.07) is 8.51. The minimum absolute atomic E-state index is 0.203. The Bertz CT molecular complexity index is 1050. The van der Waals surface area contributed by atoms with E-state index in [4.69, 9.17) is 19.2 Å². The Kier molecular flexibility index (Phi) is 8.01. The fraction of sp³-hybridized carbons (Fsp3) is 0.458. The number of methoxy groups -OCH3 is 1. The van der Waals surface area contributed by atoms with Crippen molar-refractivity contribution in [3.05, 3.63) is 35.5 Å². The van der Waals surface area contributed by atoms with Gasteiger partial charge in [-0.3, -0.25) is 0 Å². The first-order chi connectivity index (χ1) is 16.7. The molecule has 2 saturated heterocycles. The summed E-state index contributed by atoms with van der Waals surface area (Å²) < 4.78 is 16.6. The standard InChI is InChI=1S/C24H31N7O3/c1-26-23-22(17(14-25)15-27-23)24(30-18-5-9-33-10-6-18)29-16-28-20-4-3-19(13-21(20)32-2)31-7-11-34-12-8-31/h3-4,13,15,18,27-28H,1,5-12,16H2,2H3,(H,29,30). The highest BCUT2D eigenvalue weighted by atomic mass is 16.5. The van der Waals surface area contributed by atoms with E-state index in [1.165, 1.54) is 0 Å². The van der Waals surface area contributed by atoms with Crippen LogP contribution >= 0.6 is 0 Å². The topological polar surface area (TPSA) is 119 Å². The summed E-state index contributed by atoms with van der Waals surface area (Å²) in [7, 11) is 1.66. The molecule has 2 aromatic rings. The maximum absolute atomic E-state index is 9.61. The van der Waals surface area contributed by atoms with E-state index in [-0.39, 0.29) is 12.7 Å². The molecule has 0 radical (unpaired) electrons. The van der Waals surface area contributed by atoms with Crippen molar-refractivity contribution in [3.63, 3.8) is 0 Å². The summed E-state index contributed by atoms with van der Waals surface area (Å²) in [4.78, 5) is 14.1. The molecule has 2 aliphatic heterocycles. The zero-order chi connectivity index (χ0) is 23.8. The highest BCUT2D eigenvalue weighted by Crippen LogP contribution is 2.30. The van der Waals surface area contributed by atoms with Crippen molar-refractivity contribution in [1.29, 1.82) is 5.26 Å². The van der Waals surface area contributed by atoms with E-state index >= 15 is 0 Å². The summed E-state index contributed by atoms with van der Waals surface area (Å²) in [6.07, 6.45) is 3.36. The number of aromatic amines is 1. The number of hydrogen-bond donors (Lipinski definition) is 3.